The third-order valence-corrected chi connectivity index (χ3v) is 4.49. The number of nitrogens with two attached hydrogens (primary N) is 1. The molecular weight excluding hydrogens is 208 g/mol. The average Bonchev–Trinajstić information content (AvgIpc) is 2.76. The molecule has 1 rings (SSSR count). The van der Waals surface area contributed by atoms with Gasteiger partial charge in [-0.25, -0.2) is 0 Å². The Morgan fingerprint density at radius 2 is 2.40 bits per heavy atom. The van der Waals surface area contributed by atoms with Crippen molar-refractivity contribution in [2.24, 2.45) is 11.7 Å². The summed E-state index contributed by atoms with van der Waals surface area (Å²) in [5.41, 5.74) is 5.84. The van der Waals surface area contributed by atoms with E-state index in [1.54, 1.807) is 0 Å². The summed E-state index contributed by atoms with van der Waals surface area (Å²) in [7, 11) is 0. The summed E-state index contributed by atoms with van der Waals surface area (Å²) in [6.45, 7) is 4.87. The number of amides is 1. The molecule has 0 radical (unpaired) electrons. The van der Waals surface area contributed by atoms with Gasteiger partial charge in [0.2, 0.25) is 5.91 Å². The van der Waals surface area contributed by atoms with E-state index in [0.29, 0.717) is 5.25 Å². The first-order valence-electron chi connectivity index (χ1n) is 5.80. The lowest BCUT2D eigenvalue weighted by Gasteiger charge is -2.18. The molecule has 1 unspecified atom stereocenters. The molecule has 1 amide bonds. The van der Waals surface area contributed by atoms with E-state index in [0.717, 1.165) is 13.0 Å². The minimum absolute atomic E-state index is 0.0110. The molecular formula is C11H22N2OS. The van der Waals surface area contributed by atoms with E-state index < -0.39 is 0 Å². The first-order chi connectivity index (χ1) is 7.15. The molecule has 0 aliphatic carbocycles. The zero-order valence-electron chi connectivity index (χ0n) is 9.66. The van der Waals surface area contributed by atoms with Gasteiger partial charge in [-0.3, -0.25) is 4.79 Å². The molecule has 0 aromatic rings. The lowest BCUT2D eigenvalue weighted by Crippen LogP contribution is -2.46. The number of nitrogens with one attached hydrogen (secondary N) is 1. The van der Waals surface area contributed by atoms with Gasteiger partial charge in [0.1, 0.15) is 0 Å². The van der Waals surface area contributed by atoms with Crippen LogP contribution in [0.2, 0.25) is 0 Å². The fourth-order valence-electron chi connectivity index (χ4n) is 1.65. The highest BCUT2D eigenvalue weighted by Crippen LogP contribution is 2.25. The molecule has 15 heavy (non-hydrogen) atoms. The van der Waals surface area contributed by atoms with Crippen molar-refractivity contribution in [1.29, 1.82) is 0 Å². The van der Waals surface area contributed by atoms with Crippen molar-refractivity contribution in [3.63, 3.8) is 0 Å². The van der Waals surface area contributed by atoms with E-state index in [4.69, 9.17) is 5.73 Å². The van der Waals surface area contributed by atoms with E-state index in [2.05, 4.69) is 12.2 Å². The van der Waals surface area contributed by atoms with Crippen LogP contribution in [0.3, 0.4) is 0 Å². The zero-order chi connectivity index (χ0) is 11.3. The van der Waals surface area contributed by atoms with Crippen LogP contribution in [0.1, 0.15) is 33.1 Å². The Bertz CT molecular complexity index is 205. The van der Waals surface area contributed by atoms with Gasteiger partial charge in [0.15, 0.2) is 0 Å². The van der Waals surface area contributed by atoms with Gasteiger partial charge < -0.3 is 11.1 Å². The number of carbonyl (C=O) groups is 1. The van der Waals surface area contributed by atoms with Crippen molar-refractivity contribution in [3.8, 4) is 0 Å². The SMILES string of the molecule is CC[C@H](C)[C@H](N)C(=O)NCC1CCCS1. The summed E-state index contributed by atoms with van der Waals surface area (Å²) in [5.74, 6) is 1.51. The predicted molar refractivity (Wildman–Crippen MR) is 65.9 cm³/mol. The maximum Gasteiger partial charge on any atom is 0.237 e. The Balaban J connectivity index is 2.22. The molecule has 3 atom stereocenters. The minimum atomic E-state index is -0.346. The Morgan fingerprint density at radius 3 is 2.93 bits per heavy atom. The van der Waals surface area contributed by atoms with Crippen LogP contribution >= 0.6 is 11.8 Å². The summed E-state index contributed by atoms with van der Waals surface area (Å²) < 4.78 is 0. The topological polar surface area (TPSA) is 55.1 Å². The van der Waals surface area contributed by atoms with Gasteiger partial charge in [0, 0.05) is 11.8 Å². The third kappa shape index (κ3) is 4.03. The van der Waals surface area contributed by atoms with E-state index in [1.807, 2.05) is 18.7 Å². The lowest BCUT2D eigenvalue weighted by molar-refractivity contribution is -0.123. The maximum absolute atomic E-state index is 11.7. The summed E-state index contributed by atoms with van der Waals surface area (Å²) in [6.07, 6.45) is 3.46. The number of hydrogen-bond acceptors (Lipinski definition) is 3. The van der Waals surface area contributed by atoms with Crippen molar-refractivity contribution in [2.45, 2.75) is 44.4 Å². The van der Waals surface area contributed by atoms with Gasteiger partial charge in [-0.2, -0.15) is 11.8 Å². The Hall–Kier alpha value is -0.220. The highest BCUT2D eigenvalue weighted by molar-refractivity contribution is 8.00. The van der Waals surface area contributed by atoms with Gasteiger partial charge in [0.05, 0.1) is 6.04 Å². The average molecular weight is 230 g/mol. The Kier molecular flexibility index (Phi) is 5.47. The summed E-state index contributed by atoms with van der Waals surface area (Å²) in [5, 5.41) is 3.56. The van der Waals surface area contributed by atoms with Gasteiger partial charge in [0.25, 0.3) is 0 Å². The Labute approximate surface area is 96.6 Å². The van der Waals surface area contributed by atoms with Crippen LogP contribution in [-0.4, -0.2) is 29.5 Å². The summed E-state index contributed by atoms with van der Waals surface area (Å²) in [4.78, 5) is 11.7. The molecule has 0 aromatic heterocycles. The number of hydrogen-bond donors (Lipinski definition) is 2. The Morgan fingerprint density at radius 1 is 1.67 bits per heavy atom. The van der Waals surface area contributed by atoms with Crippen molar-refractivity contribution >= 4 is 17.7 Å². The van der Waals surface area contributed by atoms with E-state index in [9.17, 15) is 4.79 Å². The second-order valence-electron chi connectivity index (χ2n) is 4.29. The van der Waals surface area contributed by atoms with Crippen molar-refractivity contribution < 1.29 is 4.79 Å². The smallest absolute Gasteiger partial charge is 0.237 e. The van der Waals surface area contributed by atoms with Crippen LogP contribution in [0, 0.1) is 5.92 Å². The molecule has 1 aliphatic heterocycles. The van der Waals surface area contributed by atoms with E-state index in [-0.39, 0.29) is 17.9 Å². The first kappa shape index (κ1) is 12.8. The minimum Gasteiger partial charge on any atom is -0.354 e. The highest BCUT2D eigenvalue weighted by Gasteiger charge is 2.21. The molecule has 1 heterocycles. The standard InChI is InChI=1S/C11H22N2OS/c1-3-8(2)10(12)11(14)13-7-9-5-4-6-15-9/h8-10H,3-7,12H2,1-2H3,(H,13,14)/t8-,9?,10-/m0/s1. The third-order valence-electron chi connectivity index (χ3n) is 3.09. The van der Waals surface area contributed by atoms with Crippen LogP contribution in [0.5, 0.6) is 0 Å². The molecule has 1 fully saturated rings. The van der Waals surface area contributed by atoms with Crippen molar-refractivity contribution in [2.75, 3.05) is 12.3 Å². The van der Waals surface area contributed by atoms with Crippen LogP contribution in [0.15, 0.2) is 0 Å². The second kappa shape index (κ2) is 6.38. The highest BCUT2D eigenvalue weighted by atomic mass is 32.2. The first-order valence-corrected chi connectivity index (χ1v) is 6.85. The maximum atomic E-state index is 11.7. The molecule has 3 nitrogen and oxygen atoms in total. The number of thioether (sulfide) groups is 1. The largest absolute Gasteiger partial charge is 0.354 e. The molecule has 3 N–H and O–H groups in total. The lowest BCUT2D eigenvalue weighted by atomic mass is 9.99. The normalized spacial score (nSPS) is 24.9. The fraction of sp³-hybridized carbons (Fsp3) is 0.909. The van der Waals surface area contributed by atoms with Crippen molar-refractivity contribution in [3.05, 3.63) is 0 Å². The number of rotatable bonds is 5. The van der Waals surface area contributed by atoms with Crippen molar-refractivity contribution in [1.82, 2.24) is 5.32 Å². The predicted octanol–water partition coefficient (Wildman–Crippen LogP) is 1.37. The van der Waals surface area contributed by atoms with E-state index >= 15 is 0 Å². The van der Waals surface area contributed by atoms with Gasteiger partial charge in [-0.05, 0) is 24.5 Å². The molecule has 0 bridgehead atoms. The summed E-state index contributed by atoms with van der Waals surface area (Å²) >= 11 is 1.95. The van der Waals surface area contributed by atoms with Gasteiger partial charge in [-0.1, -0.05) is 20.3 Å². The zero-order valence-corrected chi connectivity index (χ0v) is 10.5. The summed E-state index contributed by atoms with van der Waals surface area (Å²) in [6, 6.07) is -0.346. The monoisotopic (exact) mass is 230 g/mol. The fourth-order valence-corrected chi connectivity index (χ4v) is 2.85. The van der Waals surface area contributed by atoms with Gasteiger partial charge >= 0.3 is 0 Å². The molecule has 1 aliphatic rings. The second-order valence-corrected chi connectivity index (χ2v) is 5.70. The van der Waals surface area contributed by atoms with Crippen LogP contribution in [0.4, 0.5) is 0 Å². The quantitative estimate of drug-likeness (QED) is 0.750. The van der Waals surface area contributed by atoms with Crippen LogP contribution in [0.25, 0.3) is 0 Å². The molecule has 4 heteroatoms. The molecule has 88 valence electrons. The van der Waals surface area contributed by atoms with E-state index in [1.165, 1.54) is 18.6 Å². The van der Waals surface area contributed by atoms with Gasteiger partial charge in [-0.15, -0.1) is 0 Å². The number of carbonyl (C=O) groups excluding carboxylic acids is 1. The molecule has 1 saturated heterocycles. The molecule has 0 saturated carbocycles. The molecule has 0 spiro atoms. The van der Waals surface area contributed by atoms with Crippen LogP contribution in [-0.2, 0) is 4.79 Å². The van der Waals surface area contributed by atoms with Crippen LogP contribution < -0.4 is 11.1 Å². The molecule has 0 aromatic carbocycles.